The zero-order valence-corrected chi connectivity index (χ0v) is 13.5. The number of hydrogen-bond donors (Lipinski definition) is 1. The molecule has 0 aromatic heterocycles. The summed E-state index contributed by atoms with van der Waals surface area (Å²) < 4.78 is 33.1. The van der Waals surface area contributed by atoms with Gasteiger partial charge in [-0.3, -0.25) is 4.72 Å². The van der Waals surface area contributed by atoms with E-state index >= 15 is 0 Å². The monoisotopic (exact) mass is 355 g/mol. The summed E-state index contributed by atoms with van der Waals surface area (Å²) in [6.45, 7) is 1.91. The number of halogens is 1. The van der Waals surface area contributed by atoms with Gasteiger partial charge in [-0.2, -0.15) is 0 Å². The van der Waals surface area contributed by atoms with Gasteiger partial charge in [0.15, 0.2) is 0 Å². The number of sulfonamides is 1. The van der Waals surface area contributed by atoms with Crippen LogP contribution in [0.25, 0.3) is 0 Å². The van der Waals surface area contributed by atoms with Gasteiger partial charge in [-0.1, -0.05) is 22.0 Å². The lowest BCUT2D eigenvalue weighted by molar-refractivity contribution is 0.416. The number of benzene rings is 2. The van der Waals surface area contributed by atoms with Crippen LogP contribution in [0.4, 0.5) is 5.69 Å². The Morgan fingerprint density at radius 1 is 1.10 bits per heavy atom. The fraction of sp³-hybridized carbons (Fsp3) is 0.143. The van der Waals surface area contributed by atoms with Crippen molar-refractivity contribution in [1.29, 1.82) is 0 Å². The fourth-order valence-electron chi connectivity index (χ4n) is 1.70. The first-order valence-electron chi connectivity index (χ1n) is 5.85. The molecular formula is C14H14BrNO3S. The van der Waals surface area contributed by atoms with Gasteiger partial charge in [0.05, 0.1) is 17.7 Å². The summed E-state index contributed by atoms with van der Waals surface area (Å²) in [6, 6.07) is 11.7. The molecule has 4 nitrogen and oxygen atoms in total. The maximum absolute atomic E-state index is 12.3. The molecule has 0 heterocycles. The predicted molar refractivity (Wildman–Crippen MR) is 82.7 cm³/mol. The van der Waals surface area contributed by atoms with Gasteiger partial charge >= 0.3 is 0 Å². The van der Waals surface area contributed by atoms with Gasteiger partial charge < -0.3 is 4.74 Å². The van der Waals surface area contributed by atoms with E-state index in [1.165, 1.54) is 19.2 Å². The standard InChI is InChI=1S/C14H14BrNO3S/c1-10-3-8-13(14(9-10)19-2)16-20(17,18)12-6-4-11(15)5-7-12/h3-9,16H,1-2H3. The fourth-order valence-corrected chi connectivity index (χ4v) is 3.03. The number of nitrogens with one attached hydrogen (secondary N) is 1. The van der Waals surface area contributed by atoms with E-state index in [0.717, 1.165) is 10.0 Å². The van der Waals surface area contributed by atoms with E-state index in [2.05, 4.69) is 20.7 Å². The van der Waals surface area contributed by atoms with E-state index in [9.17, 15) is 8.42 Å². The molecule has 0 saturated heterocycles. The van der Waals surface area contributed by atoms with Gasteiger partial charge in [0.2, 0.25) is 0 Å². The van der Waals surface area contributed by atoms with Crippen LogP contribution in [0.15, 0.2) is 51.8 Å². The first-order chi connectivity index (χ1) is 9.42. The smallest absolute Gasteiger partial charge is 0.262 e. The molecule has 0 radical (unpaired) electrons. The number of rotatable bonds is 4. The Hall–Kier alpha value is -1.53. The van der Waals surface area contributed by atoms with Crippen LogP contribution in [0.3, 0.4) is 0 Å². The van der Waals surface area contributed by atoms with E-state index in [1.54, 1.807) is 24.3 Å². The van der Waals surface area contributed by atoms with Gasteiger partial charge in [0.25, 0.3) is 10.0 Å². The molecule has 0 bridgehead atoms. The lowest BCUT2D eigenvalue weighted by Crippen LogP contribution is -2.13. The Labute approximate surface area is 127 Å². The molecule has 0 saturated carbocycles. The average molecular weight is 356 g/mol. The highest BCUT2D eigenvalue weighted by atomic mass is 79.9. The molecule has 2 rings (SSSR count). The molecule has 106 valence electrons. The first kappa shape index (κ1) is 14.9. The zero-order chi connectivity index (χ0) is 14.8. The molecule has 2 aromatic rings. The summed E-state index contributed by atoms with van der Waals surface area (Å²) in [5.74, 6) is 0.491. The topological polar surface area (TPSA) is 55.4 Å². The van der Waals surface area contributed by atoms with Crippen LogP contribution in [0.1, 0.15) is 5.56 Å². The van der Waals surface area contributed by atoms with E-state index in [4.69, 9.17) is 4.74 Å². The van der Waals surface area contributed by atoms with Crippen molar-refractivity contribution in [2.45, 2.75) is 11.8 Å². The molecule has 1 N–H and O–H groups in total. The molecule has 6 heteroatoms. The second-order valence-corrected chi connectivity index (χ2v) is 6.86. The molecule has 0 aliphatic carbocycles. The van der Waals surface area contributed by atoms with Crippen molar-refractivity contribution in [3.8, 4) is 5.75 Å². The van der Waals surface area contributed by atoms with Crippen LogP contribution < -0.4 is 9.46 Å². The van der Waals surface area contributed by atoms with Crippen LogP contribution in [0.2, 0.25) is 0 Å². The van der Waals surface area contributed by atoms with Crippen LogP contribution in [-0.4, -0.2) is 15.5 Å². The highest BCUT2D eigenvalue weighted by molar-refractivity contribution is 9.10. The highest BCUT2D eigenvalue weighted by Gasteiger charge is 2.16. The van der Waals surface area contributed by atoms with Gasteiger partial charge in [-0.25, -0.2) is 8.42 Å². The Kier molecular flexibility index (Phi) is 4.35. The maximum atomic E-state index is 12.3. The average Bonchev–Trinajstić information content (AvgIpc) is 2.41. The summed E-state index contributed by atoms with van der Waals surface area (Å²) >= 11 is 3.27. The number of methoxy groups -OCH3 is 1. The van der Waals surface area contributed by atoms with Crippen LogP contribution in [0.5, 0.6) is 5.75 Å². The second kappa shape index (κ2) is 5.85. The number of ether oxygens (including phenoxy) is 1. The van der Waals surface area contributed by atoms with Crippen molar-refractivity contribution < 1.29 is 13.2 Å². The van der Waals surface area contributed by atoms with Crippen LogP contribution in [0, 0.1) is 6.92 Å². The van der Waals surface area contributed by atoms with E-state index < -0.39 is 10.0 Å². The summed E-state index contributed by atoms with van der Waals surface area (Å²) in [7, 11) is -2.12. The zero-order valence-electron chi connectivity index (χ0n) is 11.1. The third-order valence-corrected chi connectivity index (χ3v) is 4.64. The molecule has 0 atom stereocenters. The highest BCUT2D eigenvalue weighted by Crippen LogP contribution is 2.28. The third kappa shape index (κ3) is 3.32. The predicted octanol–water partition coefficient (Wildman–Crippen LogP) is 3.57. The van der Waals surface area contributed by atoms with Crippen molar-refractivity contribution in [3.63, 3.8) is 0 Å². The molecule has 0 amide bonds. The summed E-state index contributed by atoms with van der Waals surface area (Å²) in [5.41, 5.74) is 1.41. The number of hydrogen-bond acceptors (Lipinski definition) is 3. The largest absolute Gasteiger partial charge is 0.495 e. The molecule has 0 unspecified atom stereocenters. The summed E-state index contributed by atoms with van der Waals surface area (Å²) in [5, 5.41) is 0. The molecule has 0 fully saturated rings. The Morgan fingerprint density at radius 3 is 2.35 bits per heavy atom. The van der Waals surface area contributed by atoms with E-state index in [-0.39, 0.29) is 4.90 Å². The number of aryl methyl sites for hydroxylation is 1. The SMILES string of the molecule is COc1cc(C)ccc1NS(=O)(=O)c1ccc(Br)cc1. The second-order valence-electron chi connectivity index (χ2n) is 4.26. The van der Waals surface area contributed by atoms with Crippen molar-refractivity contribution in [1.82, 2.24) is 0 Å². The molecule has 0 aliphatic heterocycles. The van der Waals surface area contributed by atoms with Gasteiger partial charge in [0, 0.05) is 4.47 Å². The molecular weight excluding hydrogens is 342 g/mol. The molecule has 0 aliphatic rings. The summed E-state index contributed by atoms with van der Waals surface area (Å²) in [4.78, 5) is 0.198. The van der Waals surface area contributed by atoms with Crippen molar-refractivity contribution in [3.05, 3.63) is 52.5 Å². The van der Waals surface area contributed by atoms with E-state index in [1.807, 2.05) is 13.0 Å². The Morgan fingerprint density at radius 2 is 1.75 bits per heavy atom. The normalized spacial score (nSPS) is 11.2. The Bertz CT molecular complexity index is 712. The van der Waals surface area contributed by atoms with Crippen molar-refractivity contribution in [2.75, 3.05) is 11.8 Å². The van der Waals surface area contributed by atoms with E-state index in [0.29, 0.717) is 11.4 Å². The van der Waals surface area contributed by atoms with Crippen molar-refractivity contribution >= 4 is 31.6 Å². The van der Waals surface area contributed by atoms with Gasteiger partial charge in [0.1, 0.15) is 5.75 Å². The first-order valence-corrected chi connectivity index (χ1v) is 8.13. The quantitative estimate of drug-likeness (QED) is 0.911. The van der Waals surface area contributed by atoms with Crippen LogP contribution in [-0.2, 0) is 10.0 Å². The third-order valence-electron chi connectivity index (χ3n) is 2.73. The lowest BCUT2D eigenvalue weighted by atomic mass is 10.2. The maximum Gasteiger partial charge on any atom is 0.262 e. The van der Waals surface area contributed by atoms with Crippen molar-refractivity contribution in [2.24, 2.45) is 0 Å². The Balaban J connectivity index is 2.35. The van der Waals surface area contributed by atoms with Gasteiger partial charge in [-0.15, -0.1) is 0 Å². The minimum Gasteiger partial charge on any atom is -0.495 e. The number of anilines is 1. The minimum absolute atomic E-state index is 0.198. The minimum atomic E-state index is -3.63. The summed E-state index contributed by atoms with van der Waals surface area (Å²) in [6.07, 6.45) is 0. The molecule has 20 heavy (non-hydrogen) atoms. The molecule has 2 aromatic carbocycles. The van der Waals surface area contributed by atoms with Gasteiger partial charge in [-0.05, 0) is 48.9 Å². The molecule has 0 spiro atoms. The lowest BCUT2D eigenvalue weighted by Gasteiger charge is -2.12. The van der Waals surface area contributed by atoms with Crippen LogP contribution >= 0.6 is 15.9 Å².